The van der Waals surface area contributed by atoms with Crippen LogP contribution >= 0.6 is 0 Å². The number of nitrogens with zero attached hydrogens (tertiary/aromatic N) is 1. The number of ether oxygens (including phenoxy) is 1. The van der Waals surface area contributed by atoms with Gasteiger partial charge in [0.1, 0.15) is 11.5 Å². The molecule has 0 unspecified atom stereocenters. The van der Waals surface area contributed by atoms with Gasteiger partial charge >= 0.3 is 0 Å². The molecule has 0 saturated carbocycles. The van der Waals surface area contributed by atoms with Crippen LogP contribution in [-0.4, -0.2) is 10.1 Å². The number of hydrogen-bond donors (Lipinski definition) is 1. The summed E-state index contributed by atoms with van der Waals surface area (Å²) in [6, 6.07) is 11.4. The molecule has 1 aromatic carbocycles. The van der Waals surface area contributed by atoms with Crippen molar-refractivity contribution < 1.29 is 9.84 Å². The van der Waals surface area contributed by atoms with Crippen LogP contribution in [0.15, 0.2) is 36.4 Å². The smallest absolute Gasteiger partial charge is 0.148 e. The second-order valence-corrected chi connectivity index (χ2v) is 4.57. The fourth-order valence-corrected chi connectivity index (χ4v) is 1.98. The van der Waals surface area contributed by atoms with Gasteiger partial charge in [-0.25, -0.2) is 0 Å². The van der Waals surface area contributed by atoms with Gasteiger partial charge in [-0.2, -0.15) is 0 Å². The second kappa shape index (κ2) is 5.85. The molecule has 0 aliphatic carbocycles. The zero-order valence-corrected chi connectivity index (χ0v) is 11.6. The molecular formula is C16H19NO2. The summed E-state index contributed by atoms with van der Waals surface area (Å²) in [6.07, 6.45) is 0.258. The van der Waals surface area contributed by atoms with E-state index < -0.39 is 6.10 Å². The van der Waals surface area contributed by atoms with Gasteiger partial charge in [-0.1, -0.05) is 25.1 Å². The summed E-state index contributed by atoms with van der Waals surface area (Å²) < 4.78 is 5.93. The predicted octanol–water partition coefficient (Wildman–Crippen LogP) is 3.80. The number of pyridine rings is 1. The van der Waals surface area contributed by atoms with E-state index in [2.05, 4.69) is 11.9 Å². The van der Waals surface area contributed by atoms with E-state index >= 15 is 0 Å². The topological polar surface area (TPSA) is 42.4 Å². The summed E-state index contributed by atoms with van der Waals surface area (Å²) in [4.78, 5) is 4.47. The molecule has 0 fully saturated rings. The summed E-state index contributed by atoms with van der Waals surface area (Å²) in [5, 5.41) is 9.76. The van der Waals surface area contributed by atoms with Crippen molar-refractivity contribution in [3.63, 3.8) is 0 Å². The Kier molecular flexibility index (Phi) is 4.17. The van der Waals surface area contributed by atoms with Gasteiger partial charge in [0.05, 0.1) is 11.8 Å². The Balaban J connectivity index is 2.36. The van der Waals surface area contributed by atoms with E-state index in [1.54, 1.807) is 6.92 Å². The SMILES string of the molecule is CCc1nc(C)ccc1Oc1ccccc1[C@H](C)O. The minimum Gasteiger partial charge on any atom is -0.455 e. The lowest BCUT2D eigenvalue weighted by Gasteiger charge is -2.14. The summed E-state index contributed by atoms with van der Waals surface area (Å²) in [5.74, 6) is 1.43. The second-order valence-electron chi connectivity index (χ2n) is 4.57. The van der Waals surface area contributed by atoms with Crippen molar-refractivity contribution in [2.45, 2.75) is 33.3 Å². The molecule has 100 valence electrons. The highest BCUT2D eigenvalue weighted by Crippen LogP contribution is 2.31. The molecule has 19 heavy (non-hydrogen) atoms. The molecule has 0 saturated heterocycles. The third-order valence-electron chi connectivity index (χ3n) is 3.00. The van der Waals surface area contributed by atoms with Gasteiger partial charge in [-0.15, -0.1) is 0 Å². The van der Waals surface area contributed by atoms with Gasteiger partial charge in [0.2, 0.25) is 0 Å². The molecule has 2 aromatic rings. The fraction of sp³-hybridized carbons (Fsp3) is 0.312. The van der Waals surface area contributed by atoms with Crippen molar-refractivity contribution in [1.82, 2.24) is 4.98 Å². The number of aromatic nitrogens is 1. The van der Waals surface area contributed by atoms with Gasteiger partial charge in [-0.05, 0) is 38.5 Å². The number of benzene rings is 1. The molecule has 0 bridgehead atoms. The van der Waals surface area contributed by atoms with Crippen LogP contribution in [0.1, 0.15) is 36.9 Å². The monoisotopic (exact) mass is 257 g/mol. The van der Waals surface area contributed by atoms with Crippen molar-refractivity contribution in [2.24, 2.45) is 0 Å². The molecule has 0 aliphatic heterocycles. The van der Waals surface area contributed by atoms with E-state index in [9.17, 15) is 5.11 Å². The predicted molar refractivity (Wildman–Crippen MR) is 75.5 cm³/mol. The van der Waals surface area contributed by atoms with Gasteiger partial charge in [0, 0.05) is 11.3 Å². The van der Waals surface area contributed by atoms with E-state index in [1.807, 2.05) is 43.3 Å². The lowest BCUT2D eigenvalue weighted by molar-refractivity contribution is 0.195. The van der Waals surface area contributed by atoms with E-state index in [0.717, 1.165) is 29.1 Å². The first kappa shape index (κ1) is 13.6. The van der Waals surface area contributed by atoms with Gasteiger partial charge < -0.3 is 9.84 Å². The molecule has 0 radical (unpaired) electrons. The molecule has 0 amide bonds. The number of para-hydroxylation sites is 1. The number of aliphatic hydroxyl groups is 1. The molecule has 3 nitrogen and oxygen atoms in total. The maximum atomic E-state index is 9.76. The third-order valence-corrected chi connectivity index (χ3v) is 3.00. The van der Waals surface area contributed by atoms with Crippen LogP contribution in [0, 0.1) is 6.92 Å². The van der Waals surface area contributed by atoms with Crippen LogP contribution in [0.4, 0.5) is 0 Å². The van der Waals surface area contributed by atoms with E-state index in [0.29, 0.717) is 5.75 Å². The van der Waals surface area contributed by atoms with E-state index in [-0.39, 0.29) is 0 Å². The highest BCUT2D eigenvalue weighted by Gasteiger charge is 2.11. The maximum absolute atomic E-state index is 9.76. The Morgan fingerprint density at radius 2 is 1.89 bits per heavy atom. The van der Waals surface area contributed by atoms with Crippen LogP contribution in [-0.2, 0) is 6.42 Å². The zero-order chi connectivity index (χ0) is 13.8. The first-order valence-electron chi connectivity index (χ1n) is 6.53. The molecular weight excluding hydrogens is 238 g/mol. The fourth-order valence-electron chi connectivity index (χ4n) is 1.98. The van der Waals surface area contributed by atoms with E-state index in [1.165, 1.54) is 0 Å². The lowest BCUT2D eigenvalue weighted by Crippen LogP contribution is -1.99. The quantitative estimate of drug-likeness (QED) is 0.906. The summed E-state index contributed by atoms with van der Waals surface area (Å²) in [7, 11) is 0. The zero-order valence-electron chi connectivity index (χ0n) is 11.6. The van der Waals surface area contributed by atoms with Gasteiger partial charge in [0.15, 0.2) is 0 Å². The van der Waals surface area contributed by atoms with Crippen molar-refractivity contribution >= 4 is 0 Å². The lowest BCUT2D eigenvalue weighted by atomic mass is 10.1. The number of aliphatic hydroxyl groups excluding tert-OH is 1. The van der Waals surface area contributed by atoms with Gasteiger partial charge in [-0.3, -0.25) is 4.98 Å². The Hall–Kier alpha value is -1.87. The number of aryl methyl sites for hydroxylation is 2. The van der Waals surface area contributed by atoms with Crippen molar-refractivity contribution in [1.29, 1.82) is 0 Å². The standard InChI is InChI=1S/C16H19NO2/c1-4-14-16(10-9-11(2)17-14)19-15-8-6-5-7-13(15)12(3)18/h5-10,12,18H,4H2,1-3H3/t12-/m0/s1. The molecule has 1 N–H and O–H groups in total. The molecule has 0 spiro atoms. The maximum Gasteiger partial charge on any atom is 0.148 e. The summed E-state index contributed by atoms with van der Waals surface area (Å²) in [5.41, 5.74) is 2.69. The molecule has 1 aromatic heterocycles. The normalized spacial score (nSPS) is 12.2. The Morgan fingerprint density at radius 3 is 2.58 bits per heavy atom. The molecule has 3 heteroatoms. The Bertz CT molecular complexity index is 564. The third kappa shape index (κ3) is 3.12. The first-order valence-corrected chi connectivity index (χ1v) is 6.53. The van der Waals surface area contributed by atoms with Gasteiger partial charge in [0.25, 0.3) is 0 Å². The number of hydrogen-bond acceptors (Lipinski definition) is 3. The summed E-state index contributed by atoms with van der Waals surface area (Å²) >= 11 is 0. The molecule has 1 heterocycles. The van der Waals surface area contributed by atoms with Crippen molar-refractivity contribution in [3.8, 4) is 11.5 Å². The first-order chi connectivity index (χ1) is 9.11. The summed E-state index contributed by atoms with van der Waals surface area (Å²) in [6.45, 7) is 5.75. The van der Waals surface area contributed by atoms with Crippen LogP contribution in [0.2, 0.25) is 0 Å². The average Bonchev–Trinajstić information content (AvgIpc) is 2.41. The highest BCUT2D eigenvalue weighted by molar-refractivity contribution is 5.40. The number of rotatable bonds is 4. The highest BCUT2D eigenvalue weighted by atomic mass is 16.5. The molecule has 1 atom stereocenters. The average molecular weight is 257 g/mol. The molecule has 0 aliphatic rings. The van der Waals surface area contributed by atoms with Crippen LogP contribution in [0.5, 0.6) is 11.5 Å². The minimum atomic E-state index is -0.556. The van der Waals surface area contributed by atoms with E-state index in [4.69, 9.17) is 4.74 Å². The van der Waals surface area contributed by atoms with Crippen molar-refractivity contribution in [2.75, 3.05) is 0 Å². The van der Waals surface area contributed by atoms with Crippen LogP contribution in [0.3, 0.4) is 0 Å². The van der Waals surface area contributed by atoms with Crippen molar-refractivity contribution in [3.05, 3.63) is 53.3 Å². The van der Waals surface area contributed by atoms with Crippen LogP contribution < -0.4 is 4.74 Å². The Labute approximate surface area is 113 Å². The minimum absolute atomic E-state index is 0.556. The van der Waals surface area contributed by atoms with Crippen LogP contribution in [0.25, 0.3) is 0 Å². The molecule has 2 rings (SSSR count). The largest absolute Gasteiger partial charge is 0.455 e. The Morgan fingerprint density at radius 1 is 1.16 bits per heavy atom.